The molecule has 1 aromatic heterocycles. The highest BCUT2D eigenvalue weighted by molar-refractivity contribution is 7.14. The Hall–Kier alpha value is -2.15. The fourth-order valence-corrected chi connectivity index (χ4v) is 4.28. The van der Waals surface area contributed by atoms with E-state index in [9.17, 15) is 19.5 Å². The van der Waals surface area contributed by atoms with Crippen molar-refractivity contribution in [3.05, 3.63) is 29.2 Å². The maximum absolute atomic E-state index is 12.6. The van der Waals surface area contributed by atoms with Crippen LogP contribution in [0.4, 0.5) is 5.00 Å². The van der Waals surface area contributed by atoms with Crippen LogP contribution in [0.3, 0.4) is 0 Å². The summed E-state index contributed by atoms with van der Waals surface area (Å²) < 4.78 is 0. The van der Waals surface area contributed by atoms with Crippen LogP contribution >= 0.6 is 11.3 Å². The van der Waals surface area contributed by atoms with E-state index in [2.05, 4.69) is 5.32 Å². The number of anilines is 1. The van der Waals surface area contributed by atoms with Crippen molar-refractivity contribution in [3.63, 3.8) is 0 Å². The molecular formula is C15H16N2O4S. The Kier molecular flexibility index (Phi) is 3.74. The zero-order valence-corrected chi connectivity index (χ0v) is 12.5. The molecule has 1 heterocycles. The molecule has 0 radical (unpaired) electrons. The second-order valence-corrected chi connectivity index (χ2v) is 6.61. The van der Waals surface area contributed by atoms with E-state index in [4.69, 9.17) is 5.73 Å². The van der Waals surface area contributed by atoms with Crippen LogP contribution in [0.25, 0.3) is 0 Å². The quantitative estimate of drug-likeness (QED) is 0.733. The van der Waals surface area contributed by atoms with Crippen molar-refractivity contribution in [2.45, 2.75) is 12.8 Å². The average Bonchev–Trinajstić information content (AvgIpc) is 2.95. The van der Waals surface area contributed by atoms with Gasteiger partial charge in [0.05, 0.1) is 17.4 Å². The fourth-order valence-electron chi connectivity index (χ4n) is 3.48. The van der Waals surface area contributed by atoms with E-state index >= 15 is 0 Å². The third kappa shape index (κ3) is 2.41. The second-order valence-electron chi connectivity index (χ2n) is 5.70. The molecule has 2 bridgehead atoms. The van der Waals surface area contributed by atoms with E-state index in [1.807, 2.05) is 12.2 Å². The summed E-state index contributed by atoms with van der Waals surface area (Å²) in [6.45, 7) is 0. The zero-order valence-electron chi connectivity index (χ0n) is 11.7. The molecule has 3 aliphatic rings. The highest BCUT2D eigenvalue weighted by Gasteiger charge is 2.48. The van der Waals surface area contributed by atoms with Crippen molar-refractivity contribution in [3.8, 4) is 0 Å². The van der Waals surface area contributed by atoms with Crippen LogP contribution in [0.5, 0.6) is 0 Å². The molecule has 4 rings (SSSR count). The summed E-state index contributed by atoms with van der Waals surface area (Å²) in [6.07, 6.45) is 5.47. The molecule has 4 atom stereocenters. The van der Waals surface area contributed by atoms with Gasteiger partial charge in [0.15, 0.2) is 0 Å². The molecule has 0 aliphatic heterocycles. The number of carboxylic acid groups (broad SMARTS) is 1. The van der Waals surface area contributed by atoms with Gasteiger partial charge in [-0.3, -0.25) is 14.4 Å². The number of aliphatic carboxylic acids is 1. The van der Waals surface area contributed by atoms with Crippen molar-refractivity contribution in [1.29, 1.82) is 0 Å². The number of carbonyl (C=O) groups is 3. The number of amides is 2. The van der Waals surface area contributed by atoms with Crippen LogP contribution < -0.4 is 11.1 Å². The lowest BCUT2D eigenvalue weighted by molar-refractivity contribution is -0.151. The summed E-state index contributed by atoms with van der Waals surface area (Å²) >= 11 is 1.20. The summed E-state index contributed by atoms with van der Waals surface area (Å²) in [5.41, 5.74) is 5.51. The Morgan fingerprint density at radius 1 is 1.18 bits per heavy atom. The predicted molar refractivity (Wildman–Crippen MR) is 81.4 cm³/mol. The highest BCUT2D eigenvalue weighted by atomic mass is 32.1. The van der Waals surface area contributed by atoms with E-state index < -0.39 is 23.7 Å². The van der Waals surface area contributed by atoms with Gasteiger partial charge in [-0.2, -0.15) is 0 Å². The molecule has 22 heavy (non-hydrogen) atoms. The first-order valence-electron chi connectivity index (χ1n) is 7.08. The number of nitrogens with two attached hydrogens (primary N) is 1. The van der Waals surface area contributed by atoms with Crippen LogP contribution in [-0.4, -0.2) is 22.9 Å². The maximum Gasteiger partial charge on any atom is 0.307 e. The van der Waals surface area contributed by atoms with Gasteiger partial charge in [-0.05, 0) is 36.1 Å². The minimum Gasteiger partial charge on any atom is -0.481 e. The normalized spacial score (nSPS) is 29.3. The van der Waals surface area contributed by atoms with E-state index in [1.165, 1.54) is 11.3 Å². The third-order valence-electron chi connectivity index (χ3n) is 4.50. The predicted octanol–water partition coefficient (Wildman–Crippen LogP) is 1.70. The van der Waals surface area contributed by atoms with E-state index in [0.717, 1.165) is 12.8 Å². The Morgan fingerprint density at radius 2 is 1.82 bits per heavy atom. The molecule has 6 nitrogen and oxygen atoms in total. The van der Waals surface area contributed by atoms with Crippen molar-refractivity contribution in [2.24, 2.45) is 29.4 Å². The van der Waals surface area contributed by atoms with Gasteiger partial charge >= 0.3 is 5.97 Å². The van der Waals surface area contributed by atoms with Gasteiger partial charge in [0.1, 0.15) is 5.00 Å². The Balaban J connectivity index is 1.84. The molecule has 1 fully saturated rings. The number of primary amides is 1. The van der Waals surface area contributed by atoms with Gasteiger partial charge in [0, 0.05) is 0 Å². The fraction of sp³-hybridized carbons (Fsp3) is 0.400. The van der Waals surface area contributed by atoms with Gasteiger partial charge in [-0.25, -0.2) is 0 Å². The van der Waals surface area contributed by atoms with E-state index in [1.54, 1.807) is 11.4 Å². The first kappa shape index (κ1) is 14.8. The van der Waals surface area contributed by atoms with Crippen LogP contribution in [0, 0.1) is 23.7 Å². The van der Waals surface area contributed by atoms with Gasteiger partial charge in [-0.1, -0.05) is 12.2 Å². The first-order valence-corrected chi connectivity index (χ1v) is 7.96. The van der Waals surface area contributed by atoms with Crippen LogP contribution in [0.1, 0.15) is 23.2 Å². The lowest BCUT2D eigenvalue weighted by Crippen LogP contribution is -2.47. The lowest BCUT2D eigenvalue weighted by Gasteiger charge is -2.41. The molecule has 116 valence electrons. The number of thiophene rings is 1. The van der Waals surface area contributed by atoms with Gasteiger partial charge in [0.2, 0.25) is 5.91 Å². The molecule has 2 amide bonds. The average molecular weight is 320 g/mol. The molecule has 0 aromatic carbocycles. The number of rotatable bonds is 4. The Bertz CT molecular complexity index is 666. The number of allylic oxidation sites excluding steroid dienone is 2. The zero-order chi connectivity index (χ0) is 15.9. The van der Waals surface area contributed by atoms with Crippen molar-refractivity contribution in [1.82, 2.24) is 0 Å². The first-order chi connectivity index (χ1) is 10.5. The standard InChI is InChI=1S/C15H16N2O4S/c16-12(18)9-5-6-22-14(9)17-13(19)10-7-1-3-8(4-2-7)11(10)15(20)21/h1,3,5-8,10-11H,2,4H2,(H2,16,18)(H,17,19)(H,20,21). The summed E-state index contributed by atoms with van der Waals surface area (Å²) in [5, 5.41) is 14.2. The van der Waals surface area contributed by atoms with Crippen molar-refractivity contribution in [2.75, 3.05) is 5.32 Å². The molecule has 7 heteroatoms. The summed E-state index contributed by atoms with van der Waals surface area (Å²) in [5.74, 6) is -3.39. The van der Waals surface area contributed by atoms with Gasteiger partial charge in [-0.15, -0.1) is 11.3 Å². The van der Waals surface area contributed by atoms with Gasteiger partial charge in [0.25, 0.3) is 5.91 Å². The molecule has 4 N–H and O–H groups in total. The number of carbonyl (C=O) groups excluding carboxylic acids is 2. The summed E-state index contributed by atoms with van der Waals surface area (Å²) in [7, 11) is 0. The summed E-state index contributed by atoms with van der Waals surface area (Å²) in [6, 6.07) is 1.55. The SMILES string of the molecule is NC(=O)c1ccsc1NC(=O)C1C2C=CC(CC2)C1C(=O)O. The topological polar surface area (TPSA) is 109 Å². The largest absolute Gasteiger partial charge is 0.481 e. The van der Waals surface area contributed by atoms with Crippen LogP contribution in [0.2, 0.25) is 0 Å². The minimum absolute atomic E-state index is 0.0666. The molecule has 1 saturated carbocycles. The number of fused-ring (bicyclic) bond motifs is 2. The van der Waals surface area contributed by atoms with E-state index in [-0.39, 0.29) is 23.3 Å². The highest BCUT2D eigenvalue weighted by Crippen LogP contribution is 2.45. The van der Waals surface area contributed by atoms with Crippen molar-refractivity contribution >= 4 is 34.1 Å². The maximum atomic E-state index is 12.6. The third-order valence-corrected chi connectivity index (χ3v) is 5.33. The van der Waals surface area contributed by atoms with Gasteiger partial charge < -0.3 is 16.2 Å². The lowest BCUT2D eigenvalue weighted by atomic mass is 9.62. The smallest absolute Gasteiger partial charge is 0.307 e. The monoisotopic (exact) mass is 320 g/mol. The second kappa shape index (κ2) is 5.57. The minimum atomic E-state index is -0.944. The van der Waals surface area contributed by atoms with E-state index in [0.29, 0.717) is 5.00 Å². The number of carboxylic acids is 1. The Labute approximate surface area is 131 Å². The number of hydrogen-bond acceptors (Lipinski definition) is 4. The van der Waals surface area contributed by atoms with Crippen LogP contribution in [0.15, 0.2) is 23.6 Å². The Morgan fingerprint density at radius 3 is 2.36 bits per heavy atom. The molecule has 3 aliphatic carbocycles. The molecule has 1 aromatic rings. The van der Waals surface area contributed by atoms with Crippen LogP contribution in [-0.2, 0) is 9.59 Å². The molecule has 0 saturated heterocycles. The number of hydrogen-bond donors (Lipinski definition) is 3. The molecule has 0 spiro atoms. The molecular weight excluding hydrogens is 304 g/mol. The number of nitrogens with one attached hydrogen (secondary N) is 1. The molecule has 4 unspecified atom stereocenters. The van der Waals surface area contributed by atoms with Crippen molar-refractivity contribution < 1.29 is 19.5 Å². The summed E-state index contributed by atoms with van der Waals surface area (Å²) in [4.78, 5) is 35.5.